The first kappa shape index (κ1) is 14.1. The van der Waals surface area contributed by atoms with Crippen LogP contribution in [0.5, 0.6) is 0 Å². The van der Waals surface area contributed by atoms with Crippen molar-refractivity contribution in [2.24, 2.45) is 0 Å². The molecule has 0 amide bonds. The summed E-state index contributed by atoms with van der Waals surface area (Å²) in [6, 6.07) is 5.34. The van der Waals surface area contributed by atoms with E-state index < -0.39 is 6.43 Å². The molecule has 5 heteroatoms. The van der Waals surface area contributed by atoms with Gasteiger partial charge >= 0.3 is 0 Å². The number of rotatable bonds is 3. The van der Waals surface area contributed by atoms with E-state index in [9.17, 15) is 8.78 Å². The second-order valence-electron chi connectivity index (χ2n) is 5.30. The zero-order chi connectivity index (χ0) is 14.0. The van der Waals surface area contributed by atoms with E-state index in [2.05, 4.69) is 19.0 Å². The number of nitrogens with two attached hydrogens (primary N) is 1. The van der Waals surface area contributed by atoms with Crippen LogP contribution in [0.15, 0.2) is 18.2 Å². The number of hydrogen-bond acceptors (Lipinski definition) is 3. The van der Waals surface area contributed by atoms with Gasteiger partial charge in [-0.25, -0.2) is 8.78 Å². The largest absolute Gasteiger partial charge is 0.399 e. The fourth-order valence-electron chi connectivity index (χ4n) is 2.66. The highest BCUT2D eigenvalue weighted by molar-refractivity contribution is 5.60. The van der Waals surface area contributed by atoms with Crippen molar-refractivity contribution in [2.75, 3.05) is 37.8 Å². The van der Waals surface area contributed by atoms with E-state index >= 15 is 0 Å². The molecule has 106 valence electrons. The van der Waals surface area contributed by atoms with Crippen LogP contribution < -0.4 is 10.6 Å². The molecule has 0 bridgehead atoms. The number of nitrogen functional groups attached to an aromatic ring is 1. The van der Waals surface area contributed by atoms with E-state index in [0.29, 0.717) is 17.4 Å². The maximum absolute atomic E-state index is 13.1. The number of hydrogen-bond donors (Lipinski definition) is 1. The molecule has 19 heavy (non-hydrogen) atoms. The van der Waals surface area contributed by atoms with Crippen LogP contribution in [-0.2, 0) is 0 Å². The molecule has 1 heterocycles. The van der Waals surface area contributed by atoms with Crippen LogP contribution in [0.1, 0.15) is 24.8 Å². The highest BCUT2D eigenvalue weighted by Crippen LogP contribution is 2.33. The van der Waals surface area contributed by atoms with Gasteiger partial charge in [0.2, 0.25) is 0 Å². The molecule has 0 aromatic heterocycles. The van der Waals surface area contributed by atoms with Crippen LogP contribution in [0.2, 0.25) is 0 Å². The van der Waals surface area contributed by atoms with Crippen LogP contribution >= 0.6 is 0 Å². The highest BCUT2D eigenvalue weighted by atomic mass is 19.3. The molecule has 1 aromatic rings. The van der Waals surface area contributed by atoms with E-state index in [0.717, 1.165) is 25.9 Å². The first-order chi connectivity index (χ1) is 8.99. The lowest BCUT2D eigenvalue weighted by Crippen LogP contribution is -2.42. The van der Waals surface area contributed by atoms with Crippen molar-refractivity contribution in [2.45, 2.75) is 25.3 Å². The van der Waals surface area contributed by atoms with Gasteiger partial charge in [0.05, 0.1) is 0 Å². The van der Waals surface area contributed by atoms with E-state index in [1.165, 1.54) is 6.07 Å². The zero-order valence-corrected chi connectivity index (χ0v) is 11.4. The van der Waals surface area contributed by atoms with Crippen molar-refractivity contribution in [3.05, 3.63) is 23.8 Å². The average molecular weight is 269 g/mol. The van der Waals surface area contributed by atoms with Crippen molar-refractivity contribution in [1.82, 2.24) is 4.90 Å². The quantitative estimate of drug-likeness (QED) is 0.856. The van der Waals surface area contributed by atoms with Gasteiger partial charge in [0.25, 0.3) is 6.43 Å². The Morgan fingerprint density at radius 3 is 2.42 bits per heavy atom. The minimum Gasteiger partial charge on any atom is -0.399 e. The summed E-state index contributed by atoms with van der Waals surface area (Å²) in [6.45, 7) is 1.62. The van der Waals surface area contributed by atoms with E-state index in [1.807, 2.05) is 4.90 Å². The Morgan fingerprint density at radius 1 is 1.26 bits per heavy atom. The van der Waals surface area contributed by atoms with Crippen molar-refractivity contribution < 1.29 is 8.78 Å². The molecule has 0 radical (unpaired) electrons. The molecule has 0 unspecified atom stereocenters. The second-order valence-corrected chi connectivity index (χ2v) is 5.30. The summed E-state index contributed by atoms with van der Waals surface area (Å²) < 4.78 is 26.2. The molecule has 1 aliphatic rings. The van der Waals surface area contributed by atoms with Gasteiger partial charge in [0, 0.05) is 36.1 Å². The topological polar surface area (TPSA) is 32.5 Å². The molecule has 1 aromatic carbocycles. The Bertz CT molecular complexity index is 427. The maximum atomic E-state index is 13.1. The Balaban J connectivity index is 2.15. The molecule has 1 aliphatic heterocycles. The highest BCUT2D eigenvalue weighted by Gasteiger charge is 2.24. The molecule has 0 atom stereocenters. The fraction of sp³-hybridized carbons (Fsp3) is 0.571. The number of alkyl halides is 2. The molecule has 0 aliphatic carbocycles. The van der Waals surface area contributed by atoms with Gasteiger partial charge in [-0.15, -0.1) is 0 Å². The van der Waals surface area contributed by atoms with Gasteiger partial charge in [-0.05, 0) is 45.1 Å². The minimum absolute atomic E-state index is 0.0447. The molecule has 2 rings (SSSR count). The summed E-state index contributed by atoms with van der Waals surface area (Å²) in [5, 5.41) is 0. The zero-order valence-electron chi connectivity index (χ0n) is 11.4. The summed E-state index contributed by atoms with van der Waals surface area (Å²) >= 11 is 0. The molecule has 1 fully saturated rings. The summed E-state index contributed by atoms with van der Waals surface area (Å²) in [7, 11) is 4.13. The SMILES string of the molecule is CN(C)C1CCN(c2ccc(N)cc2C(F)F)CC1. The lowest BCUT2D eigenvalue weighted by Gasteiger charge is -2.37. The van der Waals surface area contributed by atoms with Gasteiger partial charge in [-0.3, -0.25) is 0 Å². The summed E-state index contributed by atoms with van der Waals surface area (Å²) in [5.74, 6) is 0. The van der Waals surface area contributed by atoms with Crippen LogP contribution in [0.25, 0.3) is 0 Å². The van der Waals surface area contributed by atoms with Crippen LogP contribution in [0, 0.1) is 0 Å². The minimum atomic E-state index is -2.48. The molecule has 3 nitrogen and oxygen atoms in total. The van der Waals surface area contributed by atoms with Crippen LogP contribution in [-0.4, -0.2) is 38.1 Å². The summed E-state index contributed by atoms with van der Waals surface area (Å²) in [4.78, 5) is 4.25. The van der Waals surface area contributed by atoms with Crippen molar-refractivity contribution in [1.29, 1.82) is 0 Å². The molecular weight excluding hydrogens is 248 g/mol. The molecule has 1 saturated heterocycles. The first-order valence-electron chi connectivity index (χ1n) is 6.58. The number of benzene rings is 1. The van der Waals surface area contributed by atoms with E-state index in [1.54, 1.807) is 12.1 Å². The summed E-state index contributed by atoms with van der Waals surface area (Å²) in [5.41, 5.74) is 6.66. The van der Waals surface area contributed by atoms with E-state index in [-0.39, 0.29) is 5.56 Å². The third-order valence-electron chi connectivity index (χ3n) is 3.82. The Hall–Kier alpha value is -1.36. The van der Waals surface area contributed by atoms with E-state index in [4.69, 9.17) is 5.73 Å². The van der Waals surface area contributed by atoms with Gasteiger partial charge < -0.3 is 15.5 Å². The van der Waals surface area contributed by atoms with Gasteiger partial charge in [-0.2, -0.15) is 0 Å². The van der Waals surface area contributed by atoms with Crippen molar-refractivity contribution in [3.63, 3.8) is 0 Å². The fourth-order valence-corrected chi connectivity index (χ4v) is 2.66. The first-order valence-corrected chi connectivity index (χ1v) is 6.58. The monoisotopic (exact) mass is 269 g/mol. The molecule has 0 saturated carbocycles. The van der Waals surface area contributed by atoms with Crippen molar-refractivity contribution >= 4 is 11.4 Å². The molecule has 0 spiro atoms. The van der Waals surface area contributed by atoms with Crippen LogP contribution in [0.3, 0.4) is 0 Å². The number of nitrogens with zero attached hydrogens (tertiary/aromatic N) is 2. The molecule has 2 N–H and O–H groups in total. The Kier molecular flexibility index (Phi) is 4.24. The average Bonchev–Trinajstić information content (AvgIpc) is 2.38. The Morgan fingerprint density at radius 2 is 1.89 bits per heavy atom. The predicted octanol–water partition coefficient (Wildman–Crippen LogP) is 2.74. The summed E-state index contributed by atoms with van der Waals surface area (Å²) in [6.07, 6.45) is -0.481. The number of halogens is 2. The lowest BCUT2D eigenvalue weighted by atomic mass is 10.0. The maximum Gasteiger partial charge on any atom is 0.265 e. The number of piperidine rings is 1. The van der Waals surface area contributed by atoms with Crippen LogP contribution in [0.4, 0.5) is 20.2 Å². The van der Waals surface area contributed by atoms with Crippen molar-refractivity contribution in [3.8, 4) is 0 Å². The van der Waals surface area contributed by atoms with Gasteiger partial charge in [0.1, 0.15) is 0 Å². The predicted molar refractivity (Wildman–Crippen MR) is 74.7 cm³/mol. The van der Waals surface area contributed by atoms with Gasteiger partial charge in [0.15, 0.2) is 0 Å². The smallest absolute Gasteiger partial charge is 0.265 e. The second kappa shape index (κ2) is 5.74. The Labute approximate surface area is 113 Å². The third-order valence-corrected chi connectivity index (χ3v) is 3.82. The number of anilines is 2. The molecular formula is C14H21F2N3. The van der Waals surface area contributed by atoms with Gasteiger partial charge in [-0.1, -0.05) is 0 Å². The normalized spacial score (nSPS) is 17.5. The standard InChI is InChI=1S/C14H21F2N3/c1-18(2)11-5-7-19(8-6-11)13-4-3-10(17)9-12(13)14(15)16/h3-4,9,11,14H,5-8,17H2,1-2H3. The lowest BCUT2D eigenvalue weighted by molar-refractivity contribution is 0.151. The third kappa shape index (κ3) is 3.15.